The van der Waals surface area contributed by atoms with E-state index in [0.29, 0.717) is 17.8 Å². The van der Waals surface area contributed by atoms with E-state index in [1.807, 2.05) is 0 Å². The Kier molecular flexibility index (Phi) is 4.29. The Bertz CT molecular complexity index is 534. The highest BCUT2D eigenvalue weighted by Crippen LogP contribution is 2.12. The molecule has 2 heterocycles. The molecule has 2 rings (SSSR count). The molecule has 0 saturated carbocycles. The number of carbonyl (C=O) groups excluding carboxylic acids is 3. The van der Waals surface area contributed by atoms with Gasteiger partial charge in [-0.05, 0) is 18.6 Å². The fourth-order valence-corrected chi connectivity index (χ4v) is 1.96. The molecule has 1 fully saturated rings. The zero-order valence-corrected chi connectivity index (χ0v) is 11.0. The molecule has 1 atom stereocenters. The predicted molar refractivity (Wildman–Crippen MR) is 70.8 cm³/mol. The highest BCUT2D eigenvalue weighted by Gasteiger charge is 2.29. The van der Waals surface area contributed by atoms with E-state index in [1.165, 1.54) is 7.11 Å². The van der Waals surface area contributed by atoms with Gasteiger partial charge in [0.2, 0.25) is 11.8 Å². The topological polar surface area (TPSA) is 96.9 Å². The van der Waals surface area contributed by atoms with Gasteiger partial charge in [0.1, 0.15) is 11.8 Å². The van der Waals surface area contributed by atoms with Crippen molar-refractivity contribution >= 4 is 23.9 Å². The Morgan fingerprint density at radius 1 is 1.50 bits per heavy atom. The number of allylic oxidation sites excluding steroid dienone is 1. The number of piperidine rings is 1. The normalized spacial score (nSPS) is 22.4. The van der Waals surface area contributed by atoms with Crippen molar-refractivity contribution in [3.05, 3.63) is 23.5 Å². The summed E-state index contributed by atoms with van der Waals surface area (Å²) in [6.45, 7) is 0.265. The summed E-state index contributed by atoms with van der Waals surface area (Å²) in [6.07, 6.45) is 5.30. The first kappa shape index (κ1) is 14.0. The lowest BCUT2D eigenvalue weighted by molar-refractivity contribution is -0.136. The Labute approximate surface area is 115 Å². The Morgan fingerprint density at radius 3 is 3.00 bits per heavy atom. The molecular weight excluding hydrogens is 262 g/mol. The summed E-state index contributed by atoms with van der Waals surface area (Å²) >= 11 is 0. The first-order chi connectivity index (χ1) is 9.61. The number of ether oxygens (including phenoxy) is 1. The van der Waals surface area contributed by atoms with Gasteiger partial charge in [-0.3, -0.25) is 24.7 Å². The summed E-state index contributed by atoms with van der Waals surface area (Å²) in [5, 5.41) is 4.80. The first-order valence-corrected chi connectivity index (χ1v) is 6.20. The zero-order valence-electron chi connectivity index (χ0n) is 11.0. The van der Waals surface area contributed by atoms with Crippen molar-refractivity contribution in [2.24, 2.45) is 4.99 Å². The van der Waals surface area contributed by atoms with Gasteiger partial charge in [0.05, 0.1) is 19.2 Å². The largest absolute Gasteiger partial charge is 0.498 e. The van der Waals surface area contributed by atoms with Crippen molar-refractivity contribution in [2.45, 2.75) is 18.9 Å². The SMILES string of the molecule is COC1=C(C(=O)NC2CCC(=O)NC2=O)C=CC=NC1. The number of carbonyl (C=O) groups is 3. The molecule has 7 nitrogen and oxygen atoms in total. The fraction of sp³-hybridized carbons (Fsp3) is 0.385. The molecule has 0 aromatic carbocycles. The van der Waals surface area contributed by atoms with E-state index in [0.717, 1.165) is 0 Å². The molecule has 1 saturated heterocycles. The van der Waals surface area contributed by atoms with Gasteiger partial charge >= 0.3 is 0 Å². The van der Waals surface area contributed by atoms with Crippen LogP contribution in [0.2, 0.25) is 0 Å². The summed E-state index contributed by atoms with van der Waals surface area (Å²) in [5.74, 6) is -0.791. The van der Waals surface area contributed by atoms with Gasteiger partial charge < -0.3 is 10.1 Å². The van der Waals surface area contributed by atoms with Crippen LogP contribution in [0, 0.1) is 0 Å². The number of nitrogens with one attached hydrogen (secondary N) is 2. The number of hydrogen-bond donors (Lipinski definition) is 2. The monoisotopic (exact) mass is 277 g/mol. The Hall–Kier alpha value is -2.44. The van der Waals surface area contributed by atoms with Gasteiger partial charge in [-0.15, -0.1) is 0 Å². The molecule has 1 unspecified atom stereocenters. The summed E-state index contributed by atoms with van der Waals surface area (Å²) in [6, 6.07) is -0.705. The van der Waals surface area contributed by atoms with Crippen LogP contribution in [0.5, 0.6) is 0 Å². The van der Waals surface area contributed by atoms with E-state index in [4.69, 9.17) is 4.74 Å². The van der Waals surface area contributed by atoms with Crippen LogP contribution in [0.1, 0.15) is 12.8 Å². The van der Waals surface area contributed by atoms with Crippen LogP contribution in [0.15, 0.2) is 28.5 Å². The molecule has 106 valence electrons. The number of aliphatic imine (C=N–C) groups is 1. The molecule has 2 aliphatic rings. The molecule has 0 radical (unpaired) electrons. The third-order valence-electron chi connectivity index (χ3n) is 3.03. The van der Waals surface area contributed by atoms with Crippen molar-refractivity contribution in [3.63, 3.8) is 0 Å². The average molecular weight is 277 g/mol. The second kappa shape index (κ2) is 6.14. The van der Waals surface area contributed by atoms with Gasteiger partial charge in [0.15, 0.2) is 0 Å². The number of imide groups is 1. The lowest BCUT2D eigenvalue weighted by atomic mass is 10.1. The molecule has 0 aliphatic carbocycles. The molecule has 2 N–H and O–H groups in total. The van der Waals surface area contributed by atoms with E-state index < -0.39 is 17.9 Å². The number of rotatable bonds is 3. The summed E-state index contributed by atoms with van der Waals surface area (Å²) in [4.78, 5) is 38.9. The van der Waals surface area contributed by atoms with Gasteiger partial charge in [-0.25, -0.2) is 0 Å². The standard InChI is InChI=1S/C13H15N3O4/c1-20-10-7-14-6-2-3-8(10)12(18)15-9-4-5-11(17)16-13(9)19/h2-3,6,9H,4-5,7H2,1H3,(H,15,18)(H,16,17,19). The van der Waals surface area contributed by atoms with Gasteiger partial charge in [-0.1, -0.05) is 0 Å². The molecule has 0 aromatic rings. The van der Waals surface area contributed by atoms with E-state index in [1.54, 1.807) is 18.4 Å². The molecule has 0 aromatic heterocycles. The summed E-state index contributed by atoms with van der Waals surface area (Å²) < 4.78 is 5.14. The average Bonchev–Trinajstić information content (AvgIpc) is 2.67. The highest BCUT2D eigenvalue weighted by molar-refractivity contribution is 6.04. The molecule has 7 heteroatoms. The number of methoxy groups -OCH3 is 1. The van der Waals surface area contributed by atoms with Crippen molar-refractivity contribution in [2.75, 3.05) is 13.7 Å². The lowest BCUT2D eigenvalue weighted by Crippen LogP contribution is -2.52. The van der Waals surface area contributed by atoms with Crippen LogP contribution in [-0.2, 0) is 19.1 Å². The Morgan fingerprint density at radius 2 is 2.30 bits per heavy atom. The smallest absolute Gasteiger partial charge is 0.255 e. The quantitative estimate of drug-likeness (QED) is 0.676. The van der Waals surface area contributed by atoms with Crippen LogP contribution in [0.3, 0.4) is 0 Å². The first-order valence-electron chi connectivity index (χ1n) is 6.20. The molecule has 0 spiro atoms. The molecule has 2 aliphatic heterocycles. The minimum Gasteiger partial charge on any atom is -0.498 e. The van der Waals surface area contributed by atoms with Crippen LogP contribution in [-0.4, -0.2) is 43.6 Å². The maximum atomic E-state index is 12.2. The summed E-state index contributed by atoms with van der Waals surface area (Å²) in [7, 11) is 1.46. The van der Waals surface area contributed by atoms with Gasteiger partial charge in [0, 0.05) is 12.6 Å². The number of nitrogens with zero attached hydrogens (tertiary/aromatic N) is 1. The van der Waals surface area contributed by atoms with Crippen molar-refractivity contribution < 1.29 is 19.1 Å². The third-order valence-corrected chi connectivity index (χ3v) is 3.03. The minimum absolute atomic E-state index is 0.214. The lowest BCUT2D eigenvalue weighted by Gasteiger charge is -2.22. The molecule has 0 bridgehead atoms. The predicted octanol–water partition coefficient (Wildman–Crippen LogP) is -0.551. The van der Waals surface area contributed by atoms with E-state index >= 15 is 0 Å². The van der Waals surface area contributed by atoms with E-state index in [9.17, 15) is 14.4 Å². The second-order valence-corrected chi connectivity index (χ2v) is 4.37. The zero-order chi connectivity index (χ0) is 14.5. The highest BCUT2D eigenvalue weighted by atomic mass is 16.5. The van der Waals surface area contributed by atoms with Crippen molar-refractivity contribution in [3.8, 4) is 0 Å². The van der Waals surface area contributed by atoms with Gasteiger partial charge in [0.25, 0.3) is 5.91 Å². The van der Waals surface area contributed by atoms with Crippen LogP contribution >= 0.6 is 0 Å². The third kappa shape index (κ3) is 3.11. The van der Waals surface area contributed by atoms with E-state index in [-0.39, 0.29) is 18.9 Å². The van der Waals surface area contributed by atoms with Gasteiger partial charge in [-0.2, -0.15) is 0 Å². The number of hydrogen-bond acceptors (Lipinski definition) is 5. The van der Waals surface area contributed by atoms with Crippen LogP contribution in [0.25, 0.3) is 0 Å². The second-order valence-electron chi connectivity index (χ2n) is 4.37. The minimum atomic E-state index is -0.705. The fourth-order valence-electron chi connectivity index (χ4n) is 1.96. The Balaban J connectivity index is 2.09. The molecular formula is C13H15N3O4. The van der Waals surface area contributed by atoms with Crippen LogP contribution in [0.4, 0.5) is 0 Å². The van der Waals surface area contributed by atoms with Crippen LogP contribution < -0.4 is 10.6 Å². The maximum absolute atomic E-state index is 12.2. The molecule has 3 amide bonds. The van der Waals surface area contributed by atoms with E-state index in [2.05, 4.69) is 15.6 Å². The maximum Gasteiger partial charge on any atom is 0.255 e. The number of amides is 3. The molecule has 20 heavy (non-hydrogen) atoms. The summed E-state index contributed by atoms with van der Waals surface area (Å²) in [5.41, 5.74) is 0.328. The van der Waals surface area contributed by atoms with Crippen molar-refractivity contribution in [1.82, 2.24) is 10.6 Å². The van der Waals surface area contributed by atoms with Crippen molar-refractivity contribution in [1.29, 1.82) is 0 Å².